The average molecular weight is 293 g/mol. The van der Waals surface area contributed by atoms with Crippen LogP contribution in [0.15, 0.2) is 18.2 Å². The van der Waals surface area contributed by atoms with Crippen LogP contribution in [-0.4, -0.2) is 18.3 Å². The second-order valence-electron chi connectivity index (χ2n) is 3.60. The summed E-state index contributed by atoms with van der Waals surface area (Å²) in [7, 11) is 1.39. The van der Waals surface area contributed by atoms with Gasteiger partial charge in [-0.1, -0.05) is 36.2 Å². The third-order valence-corrected chi connectivity index (χ3v) is 4.15. The molecule has 1 aromatic rings. The molecule has 0 bridgehead atoms. The van der Waals surface area contributed by atoms with Crippen molar-refractivity contribution < 1.29 is 9.53 Å². The summed E-state index contributed by atoms with van der Waals surface area (Å²) in [5.41, 5.74) is 0.914. The SMILES string of the molecule is COC(=O)CC(C)SCc1c(Cl)cccc1Cl. The number of ether oxygens (including phenoxy) is 1. The number of methoxy groups -OCH3 is 1. The van der Waals surface area contributed by atoms with Crippen molar-refractivity contribution in [3.63, 3.8) is 0 Å². The number of halogens is 2. The van der Waals surface area contributed by atoms with Gasteiger partial charge in [-0.25, -0.2) is 0 Å². The molecule has 0 N–H and O–H groups in total. The molecule has 0 amide bonds. The highest BCUT2D eigenvalue weighted by Crippen LogP contribution is 2.30. The zero-order valence-corrected chi connectivity index (χ0v) is 12.0. The standard InChI is InChI=1S/C12H14Cl2O2S/c1-8(6-12(15)16-2)17-7-9-10(13)4-3-5-11(9)14/h3-5,8H,6-7H2,1-2H3. The summed E-state index contributed by atoms with van der Waals surface area (Å²) in [5, 5.41) is 1.50. The smallest absolute Gasteiger partial charge is 0.306 e. The van der Waals surface area contributed by atoms with Crippen molar-refractivity contribution in [2.24, 2.45) is 0 Å². The molecular weight excluding hydrogens is 279 g/mol. The van der Waals surface area contributed by atoms with Crippen LogP contribution in [0.4, 0.5) is 0 Å². The first kappa shape index (κ1) is 14.7. The summed E-state index contributed by atoms with van der Waals surface area (Å²) in [4.78, 5) is 11.1. The third-order valence-electron chi connectivity index (χ3n) is 2.26. The number of rotatable bonds is 5. The molecule has 1 rings (SSSR count). The highest BCUT2D eigenvalue weighted by Gasteiger charge is 2.12. The zero-order valence-electron chi connectivity index (χ0n) is 9.70. The first-order valence-electron chi connectivity index (χ1n) is 5.16. The molecule has 0 aromatic heterocycles. The molecule has 94 valence electrons. The molecule has 2 nitrogen and oxygen atoms in total. The number of carbonyl (C=O) groups is 1. The van der Waals surface area contributed by atoms with Crippen molar-refractivity contribution >= 4 is 40.9 Å². The summed E-state index contributed by atoms with van der Waals surface area (Å²) in [6, 6.07) is 5.44. The Morgan fingerprint density at radius 3 is 2.53 bits per heavy atom. The summed E-state index contributed by atoms with van der Waals surface area (Å²) in [6.45, 7) is 1.98. The van der Waals surface area contributed by atoms with E-state index < -0.39 is 0 Å². The van der Waals surface area contributed by atoms with Gasteiger partial charge in [0.1, 0.15) is 0 Å². The largest absolute Gasteiger partial charge is 0.469 e. The maximum atomic E-state index is 11.1. The van der Waals surface area contributed by atoms with Gasteiger partial charge in [0.25, 0.3) is 0 Å². The van der Waals surface area contributed by atoms with Gasteiger partial charge in [-0.15, -0.1) is 0 Å². The quantitative estimate of drug-likeness (QED) is 0.762. The maximum absolute atomic E-state index is 11.1. The highest BCUT2D eigenvalue weighted by molar-refractivity contribution is 7.99. The van der Waals surface area contributed by atoms with Crippen LogP contribution in [-0.2, 0) is 15.3 Å². The monoisotopic (exact) mass is 292 g/mol. The molecule has 0 aliphatic carbocycles. The molecule has 1 unspecified atom stereocenters. The third kappa shape index (κ3) is 4.78. The van der Waals surface area contributed by atoms with Crippen LogP contribution in [0.5, 0.6) is 0 Å². The topological polar surface area (TPSA) is 26.3 Å². The molecule has 17 heavy (non-hydrogen) atoms. The zero-order chi connectivity index (χ0) is 12.8. The van der Waals surface area contributed by atoms with Crippen LogP contribution < -0.4 is 0 Å². The van der Waals surface area contributed by atoms with E-state index in [1.807, 2.05) is 25.1 Å². The Balaban J connectivity index is 2.53. The molecule has 0 heterocycles. The lowest BCUT2D eigenvalue weighted by Crippen LogP contribution is -2.08. The summed E-state index contributed by atoms with van der Waals surface area (Å²) >= 11 is 13.7. The second kappa shape index (κ2) is 7.14. The lowest BCUT2D eigenvalue weighted by molar-refractivity contribution is -0.140. The van der Waals surface area contributed by atoms with Gasteiger partial charge in [-0.2, -0.15) is 11.8 Å². The van der Waals surface area contributed by atoms with Crippen molar-refractivity contribution in [1.82, 2.24) is 0 Å². The average Bonchev–Trinajstić information content (AvgIpc) is 2.28. The van der Waals surface area contributed by atoms with Gasteiger partial charge in [0.2, 0.25) is 0 Å². The van der Waals surface area contributed by atoms with E-state index in [0.29, 0.717) is 22.2 Å². The molecule has 0 saturated carbocycles. The number of hydrogen-bond acceptors (Lipinski definition) is 3. The van der Waals surface area contributed by atoms with Crippen LogP contribution in [0.3, 0.4) is 0 Å². The summed E-state index contributed by atoms with van der Waals surface area (Å²) < 4.78 is 4.62. The fraction of sp³-hybridized carbons (Fsp3) is 0.417. The molecule has 5 heteroatoms. The maximum Gasteiger partial charge on any atom is 0.306 e. The normalized spacial score (nSPS) is 12.2. The van der Waals surface area contributed by atoms with E-state index in [2.05, 4.69) is 4.74 Å². The Bertz CT molecular complexity index is 376. The Morgan fingerprint density at radius 1 is 1.41 bits per heavy atom. The van der Waals surface area contributed by atoms with Crippen molar-refractivity contribution in [2.75, 3.05) is 7.11 Å². The Morgan fingerprint density at radius 2 is 2.00 bits per heavy atom. The van der Waals surface area contributed by atoms with E-state index in [4.69, 9.17) is 23.2 Å². The van der Waals surface area contributed by atoms with Crippen molar-refractivity contribution in [2.45, 2.75) is 24.3 Å². The van der Waals surface area contributed by atoms with Crippen LogP contribution in [0, 0.1) is 0 Å². The lowest BCUT2D eigenvalue weighted by atomic mass is 10.2. The van der Waals surface area contributed by atoms with E-state index in [1.54, 1.807) is 11.8 Å². The number of benzene rings is 1. The molecule has 0 fully saturated rings. The molecule has 0 spiro atoms. The van der Waals surface area contributed by atoms with Gasteiger partial charge in [0.15, 0.2) is 0 Å². The van der Waals surface area contributed by atoms with E-state index in [0.717, 1.165) is 5.56 Å². The first-order valence-corrected chi connectivity index (χ1v) is 6.96. The van der Waals surface area contributed by atoms with Crippen LogP contribution >= 0.6 is 35.0 Å². The molecule has 0 aliphatic heterocycles. The highest BCUT2D eigenvalue weighted by atomic mass is 35.5. The lowest BCUT2D eigenvalue weighted by Gasteiger charge is -2.11. The Labute approximate surface area is 116 Å². The summed E-state index contributed by atoms with van der Waals surface area (Å²) in [5.74, 6) is 0.492. The molecular formula is C12H14Cl2O2S. The van der Waals surface area contributed by atoms with E-state index >= 15 is 0 Å². The number of thioether (sulfide) groups is 1. The molecule has 1 atom stereocenters. The van der Waals surface area contributed by atoms with Crippen LogP contribution in [0.1, 0.15) is 18.9 Å². The first-order chi connectivity index (χ1) is 8.04. The van der Waals surface area contributed by atoms with Gasteiger partial charge in [0, 0.05) is 21.0 Å². The predicted molar refractivity (Wildman–Crippen MR) is 73.9 cm³/mol. The predicted octanol–water partition coefficient (Wildman–Crippen LogP) is 4.18. The van der Waals surface area contributed by atoms with Gasteiger partial charge >= 0.3 is 5.97 Å². The van der Waals surface area contributed by atoms with Crippen molar-refractivity contribution in [1.29, 1.82) is 0 Å². The number of hydrogen-bond donors (Lipinski definition) is 0. The van der Waals surface area contributed by atoms with Crippen LogP contribution in [0.2, 0.25) is 10.0 Å². The Kier molecular flexibility index (Phi) is 6.17. The minimum Gasteiger partial charge on any atom is -0.469 e. The van der Waals surface area contributed by atoms with Crippen molar-refractivity contribution in [3.8, 4) is 0 Å². The molecule has 0 saturated heterocycles. The van der Waals surface area contributed by atoms with Crippen LogP contribution in [0.25, 0.3) is 0 Å². The summed E-state index contributed by atoms with van der Waals surface area (Å²) in [6.07, 6.45) is 0.392. The Hall–Kier alpha value is -0.380. The minimum atomic E-state index is -0.199. The minimum absolute atomic E-state index is 0.176. The second-order valence-corrected chi connectivity index (χ2v) is 5.84. The number of esters is 1. The van der Waals surface area contributed by atoms with Gasteiger partial charge < -0.3 is 4.74 Å². The van der Waals surface area contributed by atoms with E-state index in [9.17, 15) is 4.79 Å². The van der Waals surface area contributed by atoms with E-state index in [-0.39, 0.29) is 11.2 Å². The molecule has 0 radical (unpaired) electrons. The number of carbonyl (C=O) groups excluding carboxylic acids is 1. The molecule has 0 aliphatic rings. The fourth-order valence-electron chi connectivity index (χ4n) is 1.27. The van der Waals surface area contributed by atoms with Gasteiger partial charge in [-0.3, -0.25) is 4.79 Å². The van der Waals surface area contributed by atoms with Gasteiger partial charge in [-0.05, 0) is 17.7 Å². The van der Waals surface area contributed by atoms with E-state index in [1.165, 1.54) is 7.11 Å². The van der Waals surface area contributed by atoms with Gasteiger partial charge in [0.05, 0.1) is 13.5 Å². The fourth-order valence-corrected chi connectivity index (χ4v) is 2.98. The molecule has 1 aromatic carbocycles. The van der Waals surface area contributed by atoms with Crippen molar-refractivity contribution in [3.05, 3.63) is 33.8 Å².